The minimum atomic E-state index is -0.479. The largest absolute Gasteiger partial charge is 0.456 e. The molecule has 1 aromatic rings. The van der Waals surface area contributed by atoms with Crippen molar-refractivity contribution in [3.05, 3.63) is 16.5 Å². The molecule has 0 aromatic carbocycles. The van der Waals surface area contributed by atoms with Gasteiger partial charge in [-0.1, -0.05) is 26.2 Å². The van der Waals surface area contributed by atoms with Crippen LogP contribution in [0.25, 0.3) is 0 Å². The first-order chi connectivity index (χ1) is 8.83. The van der Waals surface area contributed by atoms with Gasteiger partial charge in [0, 0.05) is 4.88 Å². The third kappa shape index (κ3) is 5.64. The molecule has 0 spiro atoms. The molecule has 1 rings (SSSR count). The van der Waals surface area contributed by atoms with E-state index in [9.17, 15) is 4.79 Å². The van der Waals surface area contributed by atoms with Crippen molar-refractivity contribution in [2.75, 3.05) is 5.73 Å². The molecule has 19 heavy (non-hydrogen) atoms. The van der Waals surface area contributed by atoms with Gasteiger partial charge in [-0.3, -0.25) is 0 Å². The predicted molar refractivity (Wildman–Crippen MR) is 81.7 cm³/mol. The molecule has 3 nitrogen and oxygen atoms in total. The fourth-order valence-corrected chi connectivity index (χ4v) is 2.76. The molecule has 0 radical (unpaired) electrons. The van der Waals surface area contributed by atoms with Crippen molar-refractivity contribution in [1.82, 2.24) is 0 Å². The monoisotopic (exact) mass is 283 g/mol. The van der Waals surface area contributed by atoms with Crippen LogP contribution in [0, 0.1) is 0 Å². The summed E-state index contributed by atoms with van der Waals surface area (Å²) in [5.74, 6) is -0.318. The average molecular weight is 283 g/mol. The Morgan fingerprint density at radius 3 is 2.58 bits per heavy atom. The van der Waals surface area contributed by atoms with Crippen molar-refractivity contribution < 1.29 is 9.53 Å². The lowest BCUT2D eigenvalue weighted by Crippen LogP contribution is -2.24. The highest BCUT2D eigenvalue weighted by Crippen LogP contribution is 2.28. The zero-order chi connectivity index (χ0) is 14.5. The number of anilines is 1. The summed E-state index contributed by atoms with van der Waals surface area (Å²) in [4.78, 5) is 13.2. The maximum Gasteiger partial charge on any atom is 0.341 e. The van der Waals surface area contributed by atoms with Crippen LogP contribution in [-0.4, -0.2) is 11.6 Å². The zero-order valence-electron chi connectivity index (χ0n) is 12.4. The minimum absolute atomic E-state index is 0.318. The normalized spacial score (nSPS) is 11.6. The van der Waals surface area contributed by atoms with E-state index in [0.29, 0.717) is 10.6 Å². The predicted octanol–water partition coefficient (Wildman–Crippen LogP) is 4.41. The number of esters is 1. The summed E-state index contributed by atoms with van der Waals surface area (Å²) in [5, 5.41) is 0.569. The van der Waals surface area contributed by atoms with Gasteiger partial charge in [0.25, 0.3) is 0 Å². The van der Waals surface area contributed by atoms with Crippen LogP contribution >= 0.6 is 11.3 Å². The first kappa shape index (κ1) is 16.0. The number of thiophene rings is 1. The van der Waals surface area contributed by atoms with E-state index in [-0.39, 0.29) is 5.97 Å². The van der Waals surface area contributed by atoms with E-state index < -0.39 is 5.60 Å². The van der Waals surface area contributed by atoms with Gasteiger partial charge in [-0.05, 0) is 39.7 Å². The second-order valence-corrected chi connectivity index (χ2v) is 6.97. The van der Waals surface area contributed by atoms with Crippen LogP contribution in [0.1, 0.15) is 68.6 Å². The van der Waals surface area contributed by atoms with Gasteiger partial charge >= 0.3 is 5.97 Å². The molecule has 2 N–H and O–H groups in total. The lowest BCUT2D eigenvalue weighted by molar-refractivity contribution is 0.00712. The van der Waals surface area contributed by atoms with Crippen LogP contribution in [0.4, 0.5) is 5.00 Å². The van der Waals surface area contributed by atoms with Gasteiger partial charge in [0.1, 0.15) is 10.6 Å². The zero-order valence-corrected chi connectivity index (χ0v) is 13.2. The molecule has 108 valence electrons. The molecule has 1 aromatic heterocycles. The van der Waals surface area contributed by atoms with Crippen LogP contribution in [0.5, 0.6) is 0 Å². The molecule has 4 heteroatoms. The summed E-state index contributed by atoms with van der Waals surface area (Å²) < 4.78 is 5.35. The molecular weight excluding hydrogens is 258 g/mol. The molecule has 1 heterocycles. The molecular formula is C15H25NO2S. The maximum atomic E-state index is 12.0. The molecule has 0 aliphatic carbocycles. The Hall–Kier alpha value is -1.03. The number of hydrogen-bond donors (Lipinski definition) is 1. The Balaban J connectivity index is 2.61. The van der Waals surface area contributed by atoms with E-state index in [0.717, 1.165) is 12.8 Å². The van der Waals surface area contributed by atoms with E-state index in [2.05, 4.69) is 6.92 Å². The lowest BCUT2D eigenvalue weighted by atomic mass is 10.1. The van der Waals surface area contributed by atoms with Gasteiger partial charge in [0.05, 0.1) is 5.56 Å². The standard InChI is InChI=1S/C15H25NO2S/c1-5-6-7-8-9-11-10-12(13(16)19-11)14(17)18-15(2,3)4/h10H,5-9,16H2,1-4H3. The maximum absolute atomic E-state index is 12.0. The number of carbonyl (C=O) groups is 1. The molecule has 0 aliphatic heterocycles. The van der Waals surface area contributed by atoms with Crippen molar-refractivity contribution in [2.24, 2.45) is 0 Å². The third-order valence-electron chi connectivity index (χ3n) is 2.71. The Morgan fingerprint density at radius 1 is 1.32 bits per heavy atom. The molecule has 0 bridgehead atoms. The van der Waals surface area contributed by atoms with E-state index >= 15 is 0 Å². The third-order valence-corrected chi connectivity index (χ3v) is 3.73. The number of ether oxygens (including phenoxy) is 1. The van der Waals surface area contributed by atoms with E-state index in [1.165, 1.54) is 35.5 Å². The minimum Gasteiger partial charge on any atom is -0.456 e. The van der Waals surface area contributed by atoms with Crippen LogP contribution < -0.4 is 5.73 Å². The lowest BCUT2D eigenvalue weighted by Gasteiger charge is -2.19. The van der Waals surface area contributed by atoms with Crippen LogP contribution in [0.15, 0.2) is 6.07 Å². The topological polar surface area (TPSA) is 52.3 Å². The summed E-state index contributed by atoms with van der Waals surface area (Å²) in [5.41, 5.74) is 5.95. The Bertz CT molecular complexity index is 418. The molecule has 0 saturated heterocycles. The van der Waals surface area contributed by atoms with Gasteiger partial charge < -0.3 is 10.5 Å². The fraction of sp³-hybridized carbons (Fsp3) is 0.667. The van der Waals surface area contributed by atoms with Gasteiger partial charge in [-0.15, -0.1) is 11.3 Å². The number of rotatable bonds is 6. The summed E-state index contributed by atoms with van der Waals surface area (Å²) in [6.45, 7) is 7.78. The van der Waals surface area contributed by atoms with Gasteiger partial charge in [-0.25, -0.2) is 4.79 Å². The molecule has 0 saturated carbocycles. The highest BCUT2D eigenvalue weighted by molar-refractivity contribution is 7.16. The van der Waals surface area contributed by atoms with Crippen LogP contribution in [0.3, 0.4) is 0 Å². The van der Waals surface area contributed by atoms with Crippen molar-refractivity contribution in [3.8, 4) is 0 Å². The van der Waals surface area contributed by atoms with Crippen LogP contribution in [-0.2, 0) is 11.2 Å². The molecule has 0 amide bonds. The van der Waals surface area contributed by atoms with Gasteiger partial charge in [0.15, 0.2) is 0 Å². The number of nitrogen functional groups attached to an aromatic ring is 1. The summed E-state index contributed by atoms with van der Waals surface area (Å²) in [7, 11) is 0. The molecule has 0 aliphatic rings. The number of hydrogen-bond acceptors (Lipinski definition) is 4. The summed E-state index contributed by atoms with van der Waals surface area (Å²) in [6.07, 6.45) is 5.88. The summed E-state index contributed by atoms with van der Waals surface area (Å²) >= 11 is 1.50. The first-order valence-corrected chi connectivity index (χ1v) is 7.76. The molecule has 0 unspecified atom stereocenters. The SMILES string of the molecule is CCCCCCc1cc(C(=O)OC(C)(C)C)c(N)s1. The van der Waals surface area contributed by atoms with Crippen molar-refractivity contribution in [1.29, 1.82) is 0 Å². The Labute approximate surface area is 120 Å². The average Bonchev–Trinajstić information content (AvgIpc) is 2.64. The Kier molecular flexibility index (Phi) is 5.85. The van der Waals surface area contributed by atoms with E-state index in [1.54, 1.807) is 0 Å². The quantitative estimate of drug-likeness (QED) is 0.621. The number of unbranched alkanes of at least 4 members (excludes halogenated alkanes) is 3. The smallest absolute Gasteiger partial charge is 0.341 e. The number of nitrogens with two attached hydrogens (primary N) is 1. The molecule has 0 atom stereocenters. The van der Waals surface area contributed by atoms with Crippen molar-refractivity contribution >= 4 is 22.3 Å². The van der Waals surface area contributed by atoms with Crippen LogP contribution in [0.2, 0.25) is 0 Å². The van der Waals surface area contributed by atoms with Gasteiger partial charge in [0.2, 0.25) is 0 Å². The highest BCUT2D eigenvalue weighted by atomic mass is 32.1. The first-order valence-electron chi connectivity index (χ1n) is 6.95. The number of carbonyl (C=O) groups excluding carboxylic acids is 1. The van der Waals surface area contributed by atoms with Crippen molar-refractivity contribution in [2.45, 2.75) is 65.4 Å². The summed E-state index contributed by atoms with van der Waals surface area (Å²) in [6, 6.07) is 1.89. The second-order valence-electron chi connectivity index (χ2n) is 5.80. The van der Waals surface area contributed by atoms with Crippen molar-refractivity contribution in [3.63, 3.8) is 0 Å². The highest BCUT2D eigenvalue weighted by Gasteiger charge is 2.21. The van der Waals surface area contributed by atoms with Gasteiger partial charge in [-0.2, -0.15) is 0 Å². The number of aryl methyl sites for hydroxylation is 1. The van der Waals surface area contributed by atoms with E-state index in [1.807, 2.05) is 26.8 Å². The molecule has 0 fully saturated rings. The second kappa shape index (κ2) is 6.94. The van der Waals surface area contributed by atoms with E-state index in [4.69, 9.17) is 10.5 Å². The Morgan fingerprint density at radius 2 is 2.00 bits per heavy atom. The fourth-order valence-electron chi connectivity index (χ4n) is 1.80.